The molecule has 5 heteroatoms. The van der Waals surface area contributed by atoms with Crippen molar-refractivity contribution in [3.63, 3.8) is 0 Å². The maximum absolute atomic E-state index is 12.1. The van der Waals surface area contributed by atoms with E-state index in [4.69, 9.17) is 5.73 Å². The highest BCUT2D eigenvalue weighted by molar-refractivity contribution is 9.10. The largest absolute Gasteiger partial charge is 0.356 e. The molecule has 98 valence electrons. The van der Waals surface area contributed by atoms with Crippen LogP contribution in [0.4, 0.5) is 5.69 Å². The predicted octanol–water partition coefficient (Wildman–Crippen LogP) is 1.36. The smallest absolute Gasteiger partial charge is 0.246 e. The number of benzene rings is 1. The Hall–Kier alpha value is -1.07. The van der Waals surface area contributed by atoms with Crippen LogP contribution in [0.25, 0.3) is 0 Å². The minimum Gasteiger partial charge on any atom is -0.356 e. The zero-order chi connectivity index (χ0) is 13.3. The van der Waals surface area contributed by atoms with Gasteiger partial charge in [-0.1, -0.05) is 15.9 Å². The summed E-state index contributed by atoms with van der Waals surface area (Å²) in [6.45, 7) is 3.96. The minimum absolute atomic E-state index is 0.103. The lowest BCUT2D eigenvalue weighted by atomic mass is 10.1. The summed E-state index contributed by atoms with van der Waals surface area (Å²) in [5, 5.41) is 0. The second-order valence-electron chi connectivity index (χ2n) is 4.64. The monoisotopic (exact) mass is 311 g/mol. The summed E-state index contributed by atoms with van der Waals surface area (Å²) in [4.78, 5) is 16.0. The normalized spacial score (nSPS) is 20.4. The zero-order valence-corrected chi connectivity index (χ0v) is 12.3. The van der Waals surface area contributed by atoms with E-state index in [1.165, 1.54) is 0 Å². The van der Waals surface area contributed by atoms with E-state index in [0.717, 1.165) is 28.8 Å². The van der Waals surface area contributed by atoms with Crippen LogP contribution in [0.15, 0.2) is 22.7 Å². The first kappa shape index (κ1) is 13.4. The van der Waals surface area contributed by atoms with Gasteiger partial charge in [0, 0.05) is 36.8 Å². The van der Waals surface area contributed by atoms with Crippen LogP contribution >= 0.6 is 15.9 Å². The van der Waals surface area contributed by atoms with Gasteiger partial charge in [-0.15, -0.1) is 0 Å². The molecular weight excluding hydrogens is 294 g/mol. The van der Waals surface area contributed by atoms with Crippen LogP contribution in [0.1, 0.15) is 5.56 Å². The molecule has 0 saturated carbocycles. The van der Waals surface area contributed by atoms with Crippen molar-refractivity contribution in [1.82, 2.24) is 4.90 Å². The third-order valence-electron chi connectivity index (χ3n) is 3.41. The molecule has 1 heterocycles. The Morgan fingerprint density at radius 1 is 1.44 bits per heavy atom. The number of nitrogens with two attached hydrogens (primary N) is 1. The minimum atomic E-state index is -0.247. The molecule has 0 aromatic heterocycles. The molecule has 2 N–H and O–H groups in total. The highest BCUT2D eigenvalue weighted by atomic mass is 79.9. The molecule has 2 rings (SSSR count). The number of likely N-dealkylation sites (N-methyl/N-ethyl adjacent to an activating group) is 1. The maximum Gasteiger partial charge on any atom is 0.246 e. The fourth-order valence-corrected chi connectivity index (χ4v) is 2.84. The van der Waals surface area contributed by atoms with Gasteiger partial charge in [0.25, 0.3) is 0 Å². The molecule has 0 radical (unpaired) electrons. The maximum atomic E-state index is 12.1. The number of rotatable bonds is 2. The van der Waals surface area contributed by atoms with E-state index in [2.05, 4.69) is 33.8 Å². The van der Waals surface area contributed by atoms with E-state index >= 15 is 0 Å². The molecule has 1 unspecified atom stereocenters. The number of aryl methyl sites for hydroxylation is 1. The molecule has 0 aliphatic carbocycles. The van der Waals surface area contributed by atoms with Crippen LogP contribution in [0.2, 0.25) is 0 Å². The van der Waals surface area contributed by atoms with Gasteiger partial charge in [0.2, 0.25) is 5.91 Å². The van der Waals surface area contributed by atoms with E-state index in [1.807, 2.05) is 19.2 Å². The number of hydrogen-bond acceptors (Lipinski definition) is 3. The van der Waals surface area contributed by atoms with Crippen molar-refractivity contribution in [2.45, 2.75) is 13.0 Å². The Kier molecular flexibility index (Phi) is 3.92. The Balaban J connectivity index is 2.34. The lowest BCUT2D eigenvalue weighted by molar-refractivity contribution is -0.132. The summed E-state index contributed by atoms with van der Waals surface area (Å²) < 4.78 is 1.05. The van der Waals surface area contributed by atoms with Crippen LogP contribution < -0.4 is 10.6 Å². The lowest BCUT2D eigenvalue weighted by Gasteiger charge is -2.40. The Morgan fingerprint density at radius 2 is 2.17 bits per heavy atom. The molecule has 0 spiro atoms. The fraction of sp³-hybridized carbons (Fsp3) is 0.462. The Labute approximate surface area is 116 Å². The molecule has 1 saturated heterocycles. The van der Waals surface area contributed by atoms with Crippen molar-refractivity contribution in [2.75, 3.05) is 31.6 Å². The van der Waals surface area contributed by atoms with Crippen molar-refractivity contribution in [2.24, 2.45) is 5.73 Å². The molecule has 1 amide bonds. The van der Waals surface area contributed by atoms with Gasteiger partial charge in [0.05, 0.1) is 0 Å². The number of hydrogen-bond donors (Lipinski definition) is 1. The quantitative estimate of drug-likeness (QED) is 0.897. The third kappa shape index (κ3) is 2.37. The third-order valence-corrected chi connectivity index (χ3v) is 3.90. The van der Waals surface area contributed by atoms with Crippen LogP contribution in [-0.4, -0.2) is 43.5 Å². The van der Waals surface area contributed by atoms with Crippen molar-refractivity contribution >= 4 is 27.5 Å². The zero-order valence-electron chi connectivity index (χ0n) is 10.7. The van der Waals surface area contributed by atoms with Crippen LogP contribution in [-0.2, 0) is 4.79 Å². The first-order valence-electron chi connectivity index (χ1n) is 6.02. The van der Waals surface area contributed by atoms with Crippen LogP contribution in [0, 0.1) is 6.92 Å². The van der Waals surface area contributed by atoms with Gasteiger partial charge in [-0.25, -0.2) is 0 Å². The molecule has 1 fully saturated rings. The highest BCUT2D eigenvalue weighted by Crippen LogP contribution is 2.27. The van der Waals surface area contributed by atoms with Gasteiger partial charge in [-0.2, -0.15) is 0 Å². The molecule has 18 heavy (non-hydrogen) atoms. The summed E-state index contributed by atoms with van der Waals surface area (Å²) in [7, 11) is 1.83. The molecule has 4 nitrogen and oxygen atoms in total. The number of piperazine rings is 1. The predicted molar refractivity (Wildman–Crippen MR) is 76.7 cm³/mol. The van der Waals surface area contributed by atoms with Gasteiger partial charge >= 0.3 is 0 Å². The second kappa shape index (κ2) is 5.28. The van der Waals surface area contributed by atoms with Crippen molar-refractivity contribution in [3.8, 4) is 0 Å². The number of halogens is 1. The van der Waals surface area contributed by atoms with E-state index in [0.29, 0.717) is 6.54 Å². The lowest BCUT2D eigenvalue weighted by Crippen LogP contribution is -2.58. The second-order valence-corrected chi connectivity index (χ2v) is 5.55. The Bertz CT molecular complexity index is 464. The van der Waals surface area contributed by atoms with E-state index in [9.17, 15) is 4.79 Å². The van der Waals surface area contributed by atoms with Gasteiger partial charge in [-0.05, 0) is 30.7 Å². The number of amides is 1. The van der Waals surface area contributed by atoms with E-state index in [1.54, 1.807) is 4.90 Å². The van der Waals surface area contributed by atoms with Crippen molar-refractivity contribution in [3.05, 3.63) is 28.2 Å². The highest BCUT2D eigenvalue weighted by Gasteiger charge is 2.32. The SMILES string of the molecule is Cc1cc(Br)ccc1N1CCN(C)C(=O)C1CN. The number of anilines is 1. The van der Waals surface area contributed by atoms with Gasteiger partial charge in [0.1, 0.15) is 6.04 Å². The molecule has 1 aromatic carbocycles. The van der Waals surface area contributed by atoms with Crippen LogP contribution in [0.5, 0.6) is 0 Å². The fourth-order valence-electron chi connectivity index (χ4n) is 2.37. The van der Waals surface area contributed by atoms with Crippen LogP contribution in [0.3, 0.4) is 0 Å². The summed E-state index contributed by atoms with van der Waals surface area (Å²) in [6.07, 6.45) is 0. The van der Waals surface area contributed by atoms with Gasteiger partial charge in [-0.3, -0.25) is 4.79 Å². The van der Waals surface area contributed by atoms with Gasteiger partial charge < -0.3 is 15.5 Å². The summed E-state index contributed by atoms with van der Waals surface area (Å²) in [6, 6.07) is 5.86. The molecular formula is C13H18BrN3O. The number of carbonyl (C=O) groups excluding carboxylic acids is 1. The summed E-state index contributed by atoms with van der Waals surface area (Å²) >= 11 is 3.46. The molecule has 0 bridgehead atoms. The summed E-state index contributed by atoms with van der Waals surface area (Å²) in [5.74, 6) is 0.103. The average Bonchev–Trinajstić information content (AvgIpc) is 2.33. The van der Waals surface area contributed by atoms with Crippen molar-refractivity contribution in [1.29, 1.82) is 0 Å². The topological polar surface area (TPSA) is 49.6 Å². The summed E-state index contributed by atoms with van der Waals surface area (Å²) in [5.41, 5.74) is 8.01. The molecule has 1 aliphatic heterocycles. The van der Waals surface area contributed by atoms with Gasteiger partial charge in [0.15, 0.2) is 0 Å². The molecule has 1 aliphatic rings. The van der Waals surface area contributed by atoms with E-state index < -0.39 is 0 Å². The average molecular weight is 312 g/mol. The molecule has 1 atom stereocenters. The molecule has 1 aromatic rings. The van der Waals surface area contributed by atoms with Crippen molar-refractivity contribution < 1.29 is 4.79 Å². The standard InChI is InChI=1S/C13H18BrN3O/c1-9-7-10(14)3-4-11(9)17-6-5-16(2)13(18)12(17)8-15/h3-4,7,12H,5-6,8,15H2,1-2H3. The number of carbonyl (C=O) groups is 1. The number of nitrogens with zero attached hydrogens (tertiary/aromatic N) is 2. The first-order chi connectivity index (χ1) is 8.54. The Morgan fingerprint density at radius 3 is 2.78 bits per heavy atom. The first-order valence-corrected chi connectivity index (χ1v) is 6.81. The van der Waals surface area contributed by atoms with E-state index in [-0.39, 0.29) is 11.9 Å².